The first-order chi connectivity index (χ1) is 16.6. The van der Waals surface area contributed by atoms with Crippen molar-refractivity contribution in [2.45, 2.75) is 38.8 Å². The number of nitrogens with zero attached hydrogens (tertiary/aromatic N) is 2. The molecular weight excluding hydrogens is 422 g/mol. The second-order valence-corrected chi connectivity index (χ2v) is 8.81. The molecule has 0 spiro atoms. The summed E-state index contributed by atoms with van der Waals surface area (Å²) in [5, 5.41) is 3.19. The zero-order valence-electron chi connectivity index (χ0n) is 19.8. The standard InChI is InChI=1S/C29H33N3O2/c1-2-31(22-24-13-7-4-8-14-24)29(34)26-15-9-10-16-27(26)32-19-17-25(18-20-32)30-28(33)21-23-11-5-3-6-12-23/h3-16,25H,2,17-22H2,1H3,(H,30,33). The Morgan fingerprint density at radius 3 is 2.09 bits per heavy atom. The zero-order chi connectivity index (χ0) is 23.8. The highest BCUT2D eigenvalue weighted by atomic mass is 16.2. The number of rotatable bonds is 8. The lowest BCUT2D eigenvalue weighted by Gasteiger charge is -2.35. The topological polar surface area (TPSA) is 52.7 Å². The summed E-state index contributed by atoms with van der Waals surface area (Å²) in [5.41, 5.74) is 3.88. The van der Waals surface area contributed by atoms with E-state index in [1.165, 1.54) is 0 Å². The molecule has 0 aliphatic carbocycles. The van der Waals surface area contributed by atoms with E-state index in [2.05, 4.69) is 22.3 Å². The Labute approximate surface area is 202 Å². The third-order valence-electron chi connectivity index (χ3n) is 6.43. The number of benzene rings is 3. The van der Waals surface area contributed by atoms with Crippen molar-refractivity contribution < 1.29 is 9.59 Å². The van der Waals surface area contributed by atoms with Crippen molar-refractivity contribution in [3.63, 3.8) is 0 Å². The quantitative estimate of drug-likeness (QED) is 0.537. The second kappa shape index (κ2) is 11.5. The molecule has 1 fully saturated rings. The van der Waals surface area contributed by atoms with Crippen molar-refractivity contribution in [3.05, 3.63) is 102 Å². The second-order valence-electron chi connectivity index (χ2n) is 8.81. The molecule has 0 bridgehead atoms. The number of carbonyl (C=O) groups is 2. The van der Waals surface area contributed by atoms with Crippen molar-refractivity contribution >= 4 is 17.5 Å². The highest BCUT2D eigenvalue weighted by Crippen LogP contribution is 2.26. The Morgan fingerprint density at radius 1 is 0.853 bits per heavy atom. The predicted molar refractivity (Wildman–Crippen MR) is 137 cm³/mol. The Bertz CT molecular complexity index is 1080. The molecule has 0 unspecified atom stereocenters. The van der Waals surface area contributed by atoms with E-state index >= 15 is 0 Å². The fourth-order valence-electron chi connectivity index (χ4n) is 4.56. The first-order valence-electron chi connectivity index (χ1n) is 12.1. The van der Waals surface area contributed by atoms with Gasteiger partial charge in [-0.15, -0.1) is 0 Å². The number of piperidine rings is 1. The lowest BCUT2D eigenvalue weighted by molar-refractivity contribution is -0.121. The van der Waals surface area contributed by atoms with E-state index in [1.54, 1.807) is 0 Å². The molecule has 1 aliphatic heterocycles. The maximum atomic E-state index is 13.5. The van der Waals surface area contributed by atoms with Gasteiger partial charge in [0.05, 0.1) is 12.0 Å². The van der Waals surface area contributed by atoms with Crippen molar-refractivity contribution in [3.8, 4) is 0 Å². The van der Waals surface area contributed by atoms with Gasteiger partial charge in [0, 0.05) is 37.9 Å². The summed E-state index contributed by atoms with van der Waals surface area (Å²) in [6.07, 6.45) is 2.14. The van der Waals surface area contributed by atoms with Crippen LogP contribution in [0.25, 0.3) is 0 Å². The van der Waals surface area contributed by atoms with Crippen LogP contribution in [0.5, 0.6) is 0 Å². The van der Waals surface area contributed by atoms with E-state index in [1.807, 2.05) is 84.6 Å². The summed E-state index contributed by atoms with van der Waals surface area (Å²) in [6.45, 7) is 4.89. The summed E-state index contributed by atoms with van der Waals surface area (Å²) in [6, 6.07) is 28.0. The first kappa shape index (κ1) is 23.6. The summed E-state index contributed by atoms with van der Waals surface area (Å²) in [5.74, 6) is 0.125. The van der Waals surface area contributed by atoms with Crippen LogP contribution in [0.3, 0.4) is 0 Å². The molecule has 2 amide bonds. The molecule has 34 heavy (non-hydrogen) atoms. The highest BCUT2D eigenvalue weighted by molar-refractivity contribution is 5.99. The fourth-order valence-corrected chi connectivity index (χ4v) is 4.56. The van der Waals surface area contributed by atoms with E-state index < -0.39 is 0 Å². The number of hydrogen-bond donors (Lipinski definition) is 1. The van der Waals surface area contributed by atoms with Crippen LogP contribution >= 0.6 is 0 Å². The van der Waals surface area contributed by atoms with Crippen molar-refractivity contribution in [1.29, 1.82) is 0 Å². The minimum atomic E-state index is 0.0558. The molecule has 3 aromatic rings. The van der Waals surface area contributed by atoms with Gasteiger partial charge in [-0.3, -0.25) is 9.59 Å². The number of amides is 2. The fraction of sp³-hybridized carbons (Fsp3) is 0.310. The first-order valence-corrected chi connectivity index (χ1v) is 12.1. The molecule has 5 heteroatoms. The average molecular weight is 456 g/mol. The number of para-hydroxylation sites is 1. The molecule has 1 aliphatic rings. The Hall–Kier alpha value is -3.60. The molecule has 1 saturated heterocycles. The number of anilines is 1. The molecule has 1 N–H and O–H groups in total. The molecule has 0 radical (unpaired) electrons. The van der Waals surface area contributed by atoms with Gasteiger partial charge >= 0.3 is 0 Å². The maximum absolute atomic E-state index is 13.5. The number of hydrogen-bond acceptors (Lipinski definition) is 3. The van der Waals surface area contributed by atoms with E-state index in [-0.39, 0.29) is 17.9 Å². The SMILES string of the molecule is CCN(Cc1ccccc1)C(=O)c1ccccc1N1CCC(NC(=O)Cc2ccccc2)CC1. The molecular formula is C29H33N3O2. The molecule has 0 atom stereocenters. The Balaban J connectivity index is 1.37. The van der Waals surface area contributed by atoms with Crippen LogP contribution in [-0.4, -0.2) is 42.4 Å². The molecule has 4 rings (SSSR count). The molecule has 1 heterocycles. The van der Waals surface area contributed by atoms with Gasteiger partial charge in [0.15, 0.2) is 0 Å². The summed E-state index contributed by atoms with van der Waals surface area (Å²) in [4.78, 5) is 30.1. The summed E-state index contributed by atoms with van der Waals surface area (Å²) in [7, 11) is 0. The van der Waals surface area contributed by atoms with Gasteiger partial charge in [-0.05, 0) is 43.0 Å². The molecule has 3 aromatic carbocycles. The van der Waals surface area contributed by atoms with E-state index in [4.69, 9.17) is 0 Å². The van der Waals surface area contributed by atoms with E-state index in [0.717, 1.165) is 48.3 Å². The van der Waals surface area contributed by atoms with Crippen LogP contribution in [0, 0.1) is 0 Å². The van der Waals surface area contributed by atoms with Gasteiger partial charge in [-0.2, -0.15) is 0 Å². The third kappa shape index (κ3) is 6.04. The summed E-state index contributed by atoms with van der Waals surface area (Å²) >= 11 is 0. The smallest absolute Gasteiger partial charge is 0.256 e. The van der Waals surface area contributed by atoms with Crippen LogP contribution in [0.2, 0.25) is 0 Å². The van der Waals surface area contributed by atoms with E-state index in [9.17, 15) is 9.59 Å². The lowest BCUT2D eigenvalue weighted by Crippen LogP contribution is -2.45. The third-order valence-corrected chi connectivity index (χ3v) is 6.43. The lowest BCUT2D eigenvalue weighted by atomic mass is 10.0. The van der Waals surface area contributed by atoms with Gasteiger partial charge < -0.3 is 15.1 Å². The Morgan fingerprint density at radius 2 is 1.44 bits per heavy atom. The van der Waals surface area contributed by atoms with Crippen molar-refractivity contribution in [2.24, 2.45) is 0 Å². The minimum Gasteiger partial charge on any atom is -0.371 e. The average Bonchev–Trinajstić information content (AvgIpc) is 2.88. The normalized spacial score (nSPS) is 14.0. The molecule has 0 saturated carbocycles. The number of carbonyl (C=O) groups excluding carboxylic acids is 2. The van der Waals surface area contributed by atoms with Crippen LogP contribution in [0.1, 0.15) is 41.3 Å². The van der Waals surface area contributed by atoms with Gasteiger partial charge in [-0.25, -0.2) is 0 Å². The molecule has 0 aromatic heterocycles. The van der Waals surface area contributed by atoms with Crippen LogP contribution in [0.15, 0.2) is 84.9 Å². The minimum absolute atomic E-state index is 0.0558. The zero-order valence-corrected chi connectivity index (χ0v) is 19.8. The highest BCUT2D eigenvalue weighted by Gasteiger charge is 2.25. The van der Waals surface area contributed by atoms with Crippen LogP contribution in [-0.2, 0) is 17.8 Å². The van der Waals surface area contributed by atoms with Crippen LogP contribution < -0.4 is 10.2 Å². The van der Waals surface area contributed by atoms with Crippen molar-refractivity contribution in [1.82, 2.24) is 10.2 Å². The monoisotopic (exact) mass is 455 g/mol. The van der Waals surface area contributed by atoms with Gasteiger partial charge in [-0.1, -0.05) is 72.8 Å². The molecule has 176 valence electrons. The number of nitrogens with one attached hydrogen (secondary N) is 1. The van der Waals surface area contributed by atoms with Crippen LogP contribution in [0.4, 0.5) is 5.69 Å². The van der Waals surface area contributed by atoms with E-state index in [0.29, 0.717) is 19.5 Å². The van der Waals surface area contributed by atoms with Crippen molar-refractivity contribution in [2.75, 3.05) is 24.5 Å². The Kier molecular flexibility index (Phi) is 7.97. The maximum Gasteiger partial charge on any atom is 0.256 e. The van der Waals surface area contributed by atoms with Gasteiger partial charge in [0.2, 0.25) is 5.91 Å². The molecule has 5 nitrogen and oxygen atoms in total. The van der Waals surface area contributed by atoms with Gasteiger partial charge in [0.1, 0.15) is 0 Å². The van der Waals surface area contributed by atoms with Gasteiger partial charge in [0.25, 0.3) is 5.91 Å². The summed E-state index contributed by atoms with van der Waals surface area (Å²) < 4.78 is 0. The largest absolute Gasteiger partial charge is 0.371 e. The predicted octanol–water partition coefficient (Wildman–Crippen LogP) is 4.68.